The summed E-state index contributed by atoms with van der Waals surface area (Å²) in [5, 5.41) is 3.34. The third-order valence-corrected chi connectivity index (χ3v) is 3.04. The van der Waals surface area contributed by atoms with Gasteiger partial charge in [0.05, 0.1) is 19.9 Å². The van der Waals surface area contributed by atoms with Crippen molar-refractivity contribution in [3.8, 4) is 11.5 Å². The highest BCUT2D eigenvalue weighted by Gasteiger charge is 2.09. The molecular formula is C16H19NO2. The standard InChI is InChI=1S/C16H19NO2/c1-4-12-8-10-13(11-9-12)17-14-6-5-7-15(18-2)16(14)19-3/h5-11,17H,4H2,1-3H3. The van der Waals surface area contributed by atoms with E-state index in [0.717, 1.165) is 23.5 Å². The van der Waals surface area contributed by atoms with Gasteiger partial charge in [-0.15, -0.1) is 0 Å². The highest BCUT2D eigenvalue weighted by Crippen LogP contribution is 2.36. The SMILES string of the molecule is CCc1ccc(Nc2cccc(OC)c2OC)cc1. The fourth-order valence-corrected chi connectivity index (χ4v) is 1.96. The highest BCUT2D eigenvalue weighted by molar-refractivity contribution is 5.70. The Morgan fingerprint density at radius 2 is 1.68 bits per heavy atom. The molecule has 0 radical (unpaired) electrons. The average molecular weight is 257 g/mol. The zero-order chi connectivity index (χ0) is 13.7. The number of aryl methyl sites for hydroxylation is 1. The fraction of sp³-hybridized carbons (Fsp3) is 0.250. The van der Waals surface area contributed by atoms with E-state index < -0.39 is 0 Å². The lowest BCUT2D eigenvalue weighted by atomic mass is 10.1. The summed E-state index contributed by atoms with van der Waals surface area (Å²) in [7, 11) is 3.28. The van der Waals surface area contributed by atoms with Gasteiger partial charge in [0.1, 0.15) is 0 Å². The van der Waals surface area contributed by atoms with Crippen LogP contribution in [0.15, 0.2) is 42.5 Å². The Morgan fingerprint density at radius 1 is 0.947 bits per heavy atom. The first-order valence-corrected chi connectivity index (χ1v) is 6.35. The molecule has 0 aliphatic rings. The molecule has 100 valence electrons. The number of rotatable bonds is 5. The highest BCUT2D eigenvalue weighted by atomic mass is 16.5. The number of anilines is 2. The lowest BCUT2D eigenvalue weighted by Gasteiger charge is -2.14. The van der Waals surface area contributed by atoms with Gasteiger partial charge < -0.3 is 14.8 Å². The predicted molar refractivity (Wildman–Crippen MR) is 78.6 cm³/mol. The van der Waals surface area contributed by atoms with Crippen LogP contribution in [-0.4, -0.2) is 14.2 Å². The molecule has 1 N–H and O–H groups in total. The van der Waals surface area contributed by atoms with Gasteiger partial charge in [0.15, 0.2) is 11.5 Å². The van der Waals surface area contributed by atoms with E-state index >= 15 is 0 Å². The second kappa shape index (κ2) is 6.14. The van der Waals surface area contributed by atoms with Gasteiger partial charge in [0.25, 0.3) is 0 Å². The largest absolute Gasteiger partial charge is 0.493 e. The van der Waals surface area contributed by atoms with E-state index in [2.05, 4.69) is 36.5 Å². The molecule has 0 fully saturated rings. The molecule has 0 aliphatic carbocycles. The third kappa shape index (κ3) is 2.99. The van der Waals surface area contributed by atoms with E-state index in [4.69, 9.17) is 9.47 Å². The number of benzene rings is 2. The number of hydrogen-bond donors (Lipinski definition) is 1. The first-order valence-electron chi connectivity index (χ1n) is 6.35. The van der Waals surface area contributed by atoms with E-state index in [1.165, 1.54) is 5.56 Å². The van der Waals surface area contributed by atoms with Crippen molar-refractivity contribution in [2.45, 2.75) is 13.3 Å². The molecule has 0 heterocycles. The van der Waals surface area contributed by atoms with Crippen LogP contribution < -0.4 is 14.8 Å². The number of ether oxygens (including phenoxy) is 2. The van der Waals surface area contributed by atoms with Crippen LogP contribution in [0, 0.1) is 0 Å². The lowest BCUT2D eigenvalue weighted by molar-refractivity contribution is 0.356. The minimum atomic E-state index is 0.713. The predicted octanol–water partition coefficient (Wildman–Crippen LogP) is 4.01. The molecule has 0 spiro atoms. The Morgan fingerprint density at radius 3 is 2.26 bits per heavy atom. The minimum Gasteiger partial charge on any atom is -0.493 e. The van der Waals surface area contributed by atoms with Crippen LogP contribution >= 0.6 is 0 Å². The molecule has 2 rings (SSSR count). The number of nitrogens with one attached hydrogen (secondary N) is 1. The maximum Gasteiger partial charge on any atom is 0.184 e. The summed E-state index contributed by atoms with van der Waals surface area (Å²) < 4.78 is 10.7. The van der Waals surface area contributed by atoms with Crippen molar-refractivity contribution in [2.75, 3.05) is 19.5 Å². The zero-order valence-electron chi connectivity index (χ0n) is 11.6. The lowest BCUT2D eigenvalue weighted by Crippen LogP contribution is -1.97. The van der Waals surface area contributed by atoms with Crippen LogP contribution in [0.2, 0.25) is 0 Å². The summed E-state index contributed by atoms with van der Waals surface area (Å²) in [6.45, 7) is 2.15. The van der Waals surface area contributed by atoms with Crippen LogP contribution in [0.5, 0.6) is 11.5 Å². The van der Waals surface area contributed by atoms with Crippen molar-refractivity contribution >= 4 is 11.4 Å². The summed E-state index contributed by atoms with van der Waals surface area (Å²) >= 11 is 0. The first kappa shape index (κ1) is 13.3. The maximum absolute atomic E-state index is 5.40. The number of hydrogen-bond acceptors (Lipinski definition) is 3. The number of para-hydroxylation sites is 1. The molecule has 0 atom stereocenters. The van der Waals surface area contributed by atoms with Crippen LogP contribution in [0.1, 0.15) is 12.5 Å². The van der Waals surface area contributed by atoms with Crippen molar-refractivity contribution in [2.24, 2.45) is 0 Å². The van der Waals surface area contributed by atoms with E-state index in [1.807, 2.05) is 18.2 Å². The van der Waals surface area contributed by atoms with Gasteiger partial charge in [0.2, 0.25) is 0 Å². The molecule has 0 aromatic heterocycles. The zero-order valence-corrected chi connectivity index (χ0v) is 11.6. The summed E-state index contributed by atoms with van der Waals surface area (Å²) in [6.07, 6.45) is 1.04. The van der Waals surface area contributed by atoms with Gasteiger partial charge in [-0.25, -0.2) is 0 Å². The van der Waals surface area contributed by atoms with Gasteiger partial charge in [-0.1, -0.05) is 25.1 Å². The molecule has 3 heteroatoms. The molecule has 0 saturated heterocycles. The van der Waals surface area contributed by atoms with Crippen molar-refractivity contribution < 1.29 is 9.47 Å². The van der Waals surface area contributed by atoms with Gasteiger partial charge in [-0.3, -0.25) is 0 Å². The van der Waals surface area contributed by atoms with Crippen LogP contribution in [0.25, 0.3) is 0 Å². The molecule has 0 amide bonds. The molecule has 0 bridgehead atoms. The van der Waals surface area contributed by atoms with Crippen molar-refractivity contribution in [3.05, 3.63) is 48.0 Å². The smallest absolute Gasteiger partial charge is 0.184 e. The van der Waals surface area contributed by atoms with Crippen molar-refractivity contribution in [1.29, 1.82) is 0 Å². The minimum absolute atomic E-state index is 0.713. The molecule has 0 saturated carbocycles. The Hall–Kier alpha value is -2.16. The van der Waals surface area contributed by atoms with Crippen molar-refractivity contribution in [1.82, 2.24) is 0 Å². The van der Waals surface area contributed by atoms with Crippen LogP contribution in [0.3, 0.4) is 0 Å². The Kier molecular flexibility index (Phi) is 4.29. The Bertz CT molecular complexity index is 535. The molecular weight excluding hydrogens is 238 g/mol. The van der Waals surface area contributed by atoms with Crippen molar-refractivity contribution in [3.63, 3.8) is 0 Å². The van der Waals surface area contributed by atoms with E-state index in [9.17, 15) is 0 Å². The summed E-state index contributed by atoms with van der Waals surface area (Å²) in [5.74, 6) is 1.43. The van der Waals surface area contributed by atoms with Gasteiger partial charge in [-0.05, 0) is 36.2 Å². The van der Waals surface area contributed by atoms with Gasteiger partial charge in [0, 0.05) is 5.69 Å². The monoisotopic (exact) mass is 257 g/mol. The summed E-state index contributed by atoms with van der Waals surface area (Å²) in [4.78, 5) is 0. The fourth-order valence-electron chi connectivity index (χ4n) is 1.96. The van der Waals surface area contributed by atoms with E-state index in [-0.39, 0.29) is 0 Å². The molecule has 0 aliphatic heterocycles. The Balaban J connectivity index is 2.26. The number of methoxy groups -OCH3 is 2. The van der Waals surface area contributed by atoms with Gasteiger partial charge >= 0.3 is 0 Å². The summed E-state index contributed by atoms with van der Waals surface area (Å²) in [6, 6.07) is 14.2. The van der Waals surface area contributed by atoms with Crippen LogP contribution in [-0.2, 0) is 6.42 Å². The maximum atomic E-state index is 5.40. The molecule has 3 nitrogen and oxygen atoms in total. The average Bonchev–Trinajstić information content (AvgIpc) is 2.47. The quantitative estimate of drug-likeness (QED) is 0.877. The molecule has 2 aromatic carbocycles. The van der Waals surface area contributed by atoms with E-state index in [0.29, 0.717) is 5.75 Å². The summed E-state index contributed by atoms with van der Waals surface area (Å²) in [5.41, 5.74) is 3.25. The van der Waals surface area contributed by atoms with Crippen LogP contribution in [0.4, 0.5) is 11.4 Å². The van der Waals surface area contributed by atoms with E-state index in [1.54, 1.807) is 14.2 Å². The molecule has 2 aromatic rings. The second-order valence-corrected chi connectivity index (χ2v) is 4.22. The topological polar surface area (TPSA) is 30.5 Å². The second-order valence-electron chi connectivity index (χ2n) is 4.22. The molecule has 0 unspecified atom stereocenters. The first-order chi connectivity index (χ1) is 9.28. The Labute approximate surface area is 114 Å². The third-order valence-electron chi connectivity index (χ3n) is 3.04. The van der Waals surface area contributed by atoms with Gasteiger partial charge in [-0.2, -0.15) is 0 Å². The normalized spacial score (nSPS) is 10.1. The molecule has 19 heavy (non-hydrogen) atoms.